The van der Waals surface area contributed by atoms with Gasteiger partial charge in [-0.1, -0.05) is 13.8 Å². The molecule has 0 spiro atoms. The quantitative estimate of drug-likeness (QED) is 0.341. The van der Waals surface area contributed by atoms with Crippen LogP contribution < -0.4 is 5.32 Å². The van der Waals surface area contributed by atoms with Crippen molar-refractivity contribution in [2.24, 2.45) is 0 Å². The zero-order valence-electron chi connectivity index (χ0n) is 11.9. The van der Waals surface area contributed by atoms with E-state index in [1.807, 2.05) is 13.8 Å². The molecule has 1 aromatic carbocycles. The Morgan fingerprint density at radius 3 is 1.86 bits per heavy atom. The summed E-state index contributed by atoms with van der Waals surface area (Å²) >= 11 is 0. The van der Waals surface area contributed by atoms with Crippen molar-refractivity contribution >= 4 is 0 Å². The van der Waals surface area contributed by atoms with E-state index in [0.29, 0.717) is 26.0 Å². The van der Waals surface area contributed by atoms with Gasteiger partial charge in [0.25, 0.3) is 0 Å². The Hall–Kier alpha value is -1.21. The van der Waals surface area contributed by atoms with E-state index in [4.69, 9.17) is 4.74 Å². The van der Waals surface area contributed by atoms with E-state index in [1.54, 1.807) is 0 Å². The minimum Gasteiger partial charge on any atom is -0.379 e. The Labute approximate surface area is 120 Å². The molecule has 0 aliphatic rings. The summed E-state index contributed by atoms with van der Waals surface area (Å²) in [4.78, 5) is 0. The van der Waals surface area contributed by atoms with Crippen LogP contribution in [-0.2, 0) is 4.74 Å². The van der Waals surface area contributed by atoms with E-state index in [2.05, 4.69) is 5.32 Å². The van der Waals surface area contributed by atoms with Crippen LogP contribution in [-0.4, -0.2) is 19.8 Å². The van der Waals surface area contributed by atoms with E-state index in [1.165, 1.54) is 0 Å². The topological polar surface area (TPSA) is 21.3 Å². The molecule has 0 aliphatic carbocycles. The largest absolute Gasteiger partial charge is 0.379 e. The van der Waals surface area contributed by atoms with Crippen molar-refractivity contribution in [1.82, 2.24) is 5.32 Å². The standard InChI is InChI=1S/C14H18F5NO/c1-3-5-20-8(7-21-6-4-2)9-10(15)12(17)14(19)13(18)11(9)16/h8,20H,3-7H2,1-2H3. The van der Waals surface area contributed by atoms with E-state index in [-0.39, 0.29) is 6.61 Å². The summed E-state index contributed by atoms with van der Waals surface area (Å²) in [6.45, 7) is 4.17. The van der Waals surface area contributed by atoms with Crippen molar-refractivity contribution in [3.8, 4) is 0 Å². The molecule has 1 N–H and O–H groups in total. The maximum Gasteiger partial charge on any atom is 0.200 e. The lowest BCUT2D eigenvalue weighted by molar-refractivity contribution is 0.109. The van der Waals surface area contributed by atoms with Gasteiger partial charge < -0.3 is 10.1 Å². The van der Waals surface area contributed by atoms with Crippen molar-refractivity contribution < 1.29 is 26.7 Å². The fourth-order valence-electron chi connectivity index (χ4n) is 1.84. The van der Waals surface area contributed by atoms with Crippen molar-refractivity contribution in [3.05, 3.63) is 34.6 Å². The highest BCUT2D eigenvalue weighted by molar-refractivity contribution is 5.27. The highest BCUT2D eigenvalue weighted by atomic mass is 19.2. The molecule has 2 nitrogen and oxygen atoms in total. The molecule has 0 aliphatic heterocycles. The average molecular weight is 311 g/mol. The van der Waals surface area contributed by atoms with Gasteiger partial charge in [0.15, 0.2) is 23.3 Å². The fraction of sp³-hybridized carbons (Fsp3) is 0.571. The van der Waals surface area contributed by atoms with E-state index in [0.717, 1.165) is 0 Å². The molecule has 7 heteroatoms. The zero-order chi connectivity index (χ0) is 16.0. The molecule has 0 amide bonds. The first kappa shape index (κ1) is 17.8. The van der Waals surface area contributed by atoms with Crippen LogP contribution in [0.4, 0.5) is 22.0 Å². The summed E-state index contributed by atoms with van der Waals surface area (Å²) in [5, 5.41) is 2.74. The number of benzene rings is 1. The smallest absolute Gasteiger partial charge is 0.200 e. The lowest BCUT2D eigenvalue weighted by atomic mass is 10.0. The predicted octanol–water partition coefficient (Wildman–Crippen LogP) is 3.85. The van der Waals surface area contributed by atoms with Crippen LogP contribution in [0.3, 0.4) is 0 Å². The van der Waals surface area contributed by atoms with Gasteiger partial charge in [-0.25, -0.2) is 22.0 Å². The highest BCUT2D eigenvalue weighted by Crippen LogP contribution is 2.28. The third-order valence-corrected chi connectivity index (χ3v) is 2.87. The number of halogens is 5. The third-order valence-electron chi connectivity index (χ3n) is 2.87. The van der Waals surface area contributed by atoms with Gasteiger partial charge in [0, 0.05) is 12.2 Å². The predicted molar refractivity (Wildman–Crippen MR) is 68.4 cm³/mol. The van der Waals surface area contributed by atoms with Crippen molar-refractivity contribution in [1.29, 1.82) is 0 Å². The minimum atomic E-state index is -2.16. The van der Waals surface area contributed by atoms with Gasteiger partial charge in [-0.15, -0.1) is 0 Å². The van der Waals surface area contributed by atoms with E-state index in [9.17, 15) is 22.0 Å². The van der Waals surface area contributed by atoms with E-state index < -0.39 is 40.7 Å². The van der Waals surface area contributed by atoms with Gasteiger partial charge in [0.1, 0.15) is 0 Å². The Balaban J connectivity index is 3.16. The minimum absolute atomic E-state index is 0.174. The van der Waals surface area contributed by atoms with Gasteiger partial charge in [0.2, 0.25) is 5.82 Å². The molecule has 0 radical (unpaired) electrons. The van der Waals surface area contributed by atoms with Gasteiger partial charge in [0.05, 0.1) is 12.6 Å². The zero-order valence-corrected chi connectivity index (χ0v) is 11.9. The Morgan fingerprint density at radius 2 is 1.38 bits per heavy atom. The molecule has 1 rings (SSSR count). The monoisotopic (exact) mass is 311 g/mol. The van der Waals surface area contributed by atoms with E-state index >= 15 is 0 Å². The first-order valence-corrected chi connectivity index (χ1v) is 6.78. The van der Waals surface area contributed by atoms with Crippen molar-refractivity contribution in [2.45, 2.75) is 32.7 Å². The van der Waals surface area contributed by atoms with Crippen molar-refractivity contribution in [3.63, 3.8) is 0 Å². The normalized spacial score (nSPS) is 12.7. The van der Waals surface area contributed by atoms with Gasteiger partial charge in [-0.2, -0.15) is 0 Å². The molecule has 0 saturated heterocycles. The summed E-state index contributed by atoms with van der Waals surface area (Å²) < 4.78 is 72.3. The van der Waals surface area contributed by atoms with Crippen LogP contribution in [0.25, 0.3) is 0 Å². The summed E-state index contributed by atoms with van der Waals surface area (Å²) in [5.74, 6) is -9.68. The van der Waals surface area contributed by atoms with Crippen molar-refractivity contribution in [2.75, 3.05) is 19.8 Å². The van der Waals surface area contributed by atoms with Gasteiger partial charge in [-0.3, -0.25) is 0 Å². The Bertz CT molecular complexity index is 452. The van der Waals surface area contributed by atoms with Gasteiger partial charge >= 0.3 is 0 Å². The highest BCUT2D eigenvalue weighted by Gasteiger charge is 2.30. The van der Waals surface area contributed by atoms with Crippen LogP contribution in [0.1, 0.15) is 38.3 Å². The first-order valence-electron chi connectivity index (χ1n) is 6.78. The molecule has 0 aromatic heterocycles. The average Bonchev–Trinajstić information content (AvgIpc) is 2.48. The number of hydrogen-bond donors (Lipinski definition) is 1. The van der Waals surface area contributed by atoms with Crippen LogP contribution in [0.15, 0.2) is 0 Å². The maximum absolute atomic E-state index is 13.8. The lowest BCUT2D eigenvalue weighted by Crippen LogP contribution is -2.29. The molecule has 21 heavy (non-hydrogen) atoms. The molecule has 120 valence electrons. The molecule has 1 unspecified atom stereocenters. The number of rotatable bonds is 8. The molecular formula is C14H18F5NO. The van der Waals surface area contributed by atoms with Crippen LogP contribution in [0, 0.1) is 29.1 Å². The van der Waals surface area contributed by atoms with Gasteiger partial charge in [-0.05, 0) is 19.4 Å². The molecule has 0 bridgehead atoms. The molecule has 0 fully saturated rings. The number of nitrogens with one attached hydrogen (secondary N) is 1. The molecule has 1 atom stereocenters. The summed E-state index contributed by atoms with van der Waals surface area (Å²) in [6.07, 6.45) is 1.32. The second-order valence-corrected chi connectivity index (χ2v) is 4.57. The lowest BCUT2D eigenvalue weighted by Gasteiger charge is -2.21. The number of ether oxygens (including phenoxy) is 1. The van der Waals surface area contributed by atoms with Crippen LogP contribution in [0.2, 0.25) is 0 Å². The number of hydrogen-bond acceptors (Lipinski definition) is 2. The second-order valence-electron chi connectivity index (χ2n) is 4.57. The first-order chi connectivity index (χ1) is 9.95. The Kier molecular flexibility index (Phi) is 7.04. The summed E-state index contributed by atoms with van der Waals surface area (Å²) in [5.41, 5.74) is -0.879. The fourth-order valence-corrected chi connectivity index (χ4v) is 1.84. The molecule has 0 heterocycles. The maximum atomic E-state index is 13.8. The second kappa shape index (κ2) is 8.29. The van der Waals surface area contributed by atoms with Crippen LogP contribution in [0.5, 0.6) is 0 Å². The van der Waals surface area contributed by atoms with Crippen LogP contribution >= 0.6 is 0 Å². The molecule has 0 saturated carbocycles. The molecule has 1 aromatic rings. The SMILES string of the molecule is CCCNC(COCCC)c1c(F)c(F)c(F)c(F)c1F. The summed E-state index contributed by atoms with van der Waals surface area (Å²) in [6, 6.07) is -1.10. The molecular weight excluding hydrogens is 293 g/mol. The summed E-state index contributed by atoms with van der Waals surface area (Å²) in [7, 11) is 0. The Morgan fingerprint density at radius 1 is 0.857 bits per heavy atom. The third kappa shape index (κ3) is 4.14.